The third-order valence-corrected chi connectivity index (χ3v) is 5.73. The average molecular weight is 358 g/mol. The van der Waals surface area contributed by atoms with E-state index in [0.717, 1.165) is 37.2 Å². The first kappa shape index (κ1) is 16.9. The van der Waals surface area contributed by atoms with Crippen molar-refractivity contribution in [2.24, 2.45) is 17.1 Å². The summed E-state index contributed by atoms with van der Waals surface area (Å²) in [6, 6.07) is 4.47. The zero-order chi connectivity index (χ0) is 15.5. The zero-order valence-electron chi connectivity index (χ0n) is 12.6. The summed E-state index contributed by atoms with van der Waals surface area (Å²) >= 11 is 3.36. The Labute approximate surface area is 135 Å². The molecular formula is C17H25BrFNO. The Balaban J connectivity index is 2.17. The predicted octanol–water partition coefficient (Wildman–Crippen LogP) is 4.56. The Morgan fingerprint density at radius 1 is 1.43 bits per heavy atom. The fourth-order valence-electron chi connectivity index (χ4n) is 3.59. The van der Waals surface area contributed by atoms with E-state index in [0.29, 0.717) is 11.0 Å². The van der Waals surface area contributed by atoms with Gasteiger partial charge in [-0.3, -0.25) is 0 Å². The Hall–Kier alpha value is -0.450. The van der Waals surface area contributed by atoms with Crippen LogP contribution in [-0.2, 0) is 0 Å². The van der Waals surface area contributed by atoms with Crippen molar-refractivity contribution in [2.45, 2.75) is 51.6 Å². The Morgan fingerprint density at radius 2 is 2.10 bits per heavy atom. The maximum Gasteiger partial charge on any atom is 0.124 e. The smallest absolute Gasteiger partial charge is 0.124 e. The molecule has 1 aromatic carbocycles. The van der Waals surface area contributed by atoms with Crippen LogP contribution in [0.4, 0.5) is 4.39 Å². The highest BCUT2D eigenvalue weighted by Gasteiger charge is 2.41. The molecule has 0 heterocycles. The van der Waals surface area contributed by atoms with Crippen LogP contribution in [0.1, 0.15) is 57.1 Å². The van der Waals surface area contributed by atoms with Crippen LogP contribution >= 0.6 is 15.9 Å². The van der Waals surface area contributed by atoms with Gasteiger partial charge in [-0.05, 0) is 49.3 Å². The minimum absolute atomic E-state index is 0.273. The van der Waals surface area contributed by atoms with Gasteiger partial charge in [-0.2, -0.15) is 0 Å². The van der Waals surface area contributed by atoms with Gasteiger partial charge in [-0.1, -0.05) is 41.8 Å². The van der Waals surface area contributed by atoms with Crippen molar-refractivity contribution in [3.05, 3.63) is 34.1 Å². The number of aliphatic hydroxyl groups is 1. The van der Waals surface area contributed by atoms with Gasteiger partial charge in [0.2, 0.25) is 0 Å². The number of nitrogens with two attached hydrogens (primary N) is 1. The van der Waals surface area contributed by atoms with Gasteiger partial charge in [-0.15, -0.1) is 0 Å². The molecule has 0 bridgehead atoms. The fraction of sp³-hybridized carbons (Fsp3) is 0.647. The molecule has 21 heavy (non-hydrogen) atoms. The van der Waals surface area contributed by atoms with Gasteiger partial charge in [0.05, 0.1) is 6.10 Å². The number of hydrogen-bond acceptors (Lipinski definition) is 2. The molecule has 118 valence electrons. The number of halogens is 2. The highest BCUT2D eigenvalue weighted by Crippen LogP contribution is 2.48. The summed E-state index contributed by atoms with van der Waals surface area (Å²) in [5.41, 5.74) is 6.50. The summed E-state index contributed by atoms with van der Waals surface area (Å²) in [5.74, 6) is 0.463. The molecule has 1 saturated carbocycles. The quantitative estimate of drug-likeness (QED) is 0.811. The molecule has 1 fully saturated rings. The number of rotatable bonds is 5. The highest BCUT2D eigenvalue weighted by atomic mass is 79.9. The van der Waals surface area contributed by atoms with Crippen LogP contribution < -0.4 is 5.73 Å². The largest absolute Gasteiger partial charge is 0.388 e. The van der Waals surface area contributed by atoms with E-state index in [2.05, 4.69) is 22.9 Å². The van der Waals surface area contributed by atoms with E-state index in [9.17, 15) is 9.50 Å². The summed E-state index contributed by atoms with van der Waals surface area (Å²) in [4.78, 5) is 0. The van der Waals surface area contributed by atoms with Crippen LogP contribution in [-0.4, -0.2) is 11.7 Å². The first-order valence-corrected chi connectivity index (χ1v) is 8.65. The van der Waals surface area contributed by atoms with E-state index in [1.54, 1.807) is 6.07 Å². The van der Waals surface area contributed by atoms with E-state index in [1.807, 2.05) is 0 Å². The van der Waals surface area contributed by atoms with E-state index in [-0.39, 0.29) is 11.2 Å². The molecule has 0 amide bonds. The van der Waals surface area contributed by atoms with Crippen LogP contribution in [0.3, 0.4) is 0 Å². The SMILES string of the molecule is CCCC1CCC(CN)(C(O)c2ccc(F)cc2Br)CC1. The molecule has 4 heteroatoms. The molecule has 1 aliphatic rings. The molecule has 0 aliphatic heterocycles. The molecule has 1 atom stereocenters. The van der Waals surface area contributed by atoms with Gasteiger partial charge in [0.25, 0.3) is 0 Å². The lowest BCUT2D eigenvalue weighted by molar-refractivity contribution is -0.0113. The van der Waals surface area contributed by atoms with Gasteiger partial charge >= 0.3 is 0 Å². The lowest BCUT2D eigenvalue weighted by Crippen LogP contribution is -2.40. The van der Waals surface area contributed by atoms with Crippen molar-refractivity contribution < 1.29 is 9.50 Å². The van der Waals surface area contributed by atoms with E-state index in [1.165, 1.54) is 25.0 Å². The zero-order valence-corrected chi connectivity index (χ0v) is 14.2. The lowest BCUT2D eigenvalue weighted by atomic mass is 9.65. The average Bonchev–Trinajstić information content (AvgIpc) is 2.48. The van der Waals surface area contributed by atoms with Crippen molar-refractivity contribution in [3.63, 3.8) is 0 Å². The van der Waals surface area contributed by atoms with Crippen molar-refractivity contribution in [1.29, 1.82) is 0 Å². The summed E-state index contributed by atoms with van der Waals surface area (Å²) in [6.45, 7) is 2.69. The van der Waals surface area contributed by atoms with Gasteiger partial charge < -0.3 is 10.8 Å². The van der Waals surface area contributed by atoms with Gasteiger partial charge in [0, 0.05) is 16.4 Å². The second kappa shape index (κ2) is 7.21. The van der Waals surface area contributed by atoms with Crippen molar-refractivity contribution in [1.82, 2.24) is 0 Å². The normalized spacial score (nSPS) is 27.6. The van der Waals surface area contributed by atoms with Crippen LogP contribution in [0.25, 0.3) is 0 Å². The summed E-state index contributed by atoms with van der Waals surface area (Å²) in [5, 5.41) is 10.9. The minimum atomic E-state index is -0.639. The molecule has 2 rings (SSSR count). The predicted molar refractivity (Wildman–Crippen MR) is 87.4 cm³/mol. The second-order valence-corrected chi connectivity index (χ2v) is 7.22. The molecular weight excluding hydrogens is 333 g/mol. The molecule has 2 nitrogen and oxygen atoms in total. The summed E-state index contributed by atoms with van der Waals surface area (Å²) in [7, 11) is 0. The molecule has 0 aromatic heterocycles. The Kier molecular flexibility index (Phi) is 5.81. The van der Waals surface area contributed by atoms with Gasteiger partial charge in [0.15, 0.2) is 0 Å². The molecule has 1 aromatic rings. The first-order chi connectivity index (χ1) is 10.0. The maximum absolute atomic E-state index is 13.2. The first-order valence-electron chi connectivity index (χ1n) is 7.85. The third-order valence-electron chi connectivity index (χ3n) is 5.04. The standard InChI is InChI=1S/C17H25BrFNO/c1-2-3-12-6-8-17(11-20,9-7-12)16(21)14-5-4-13(19)10-15(14)18/h4-5,10,12,16,21H,2-3,6-9,11,20H2,1H3. The molecule has 0 saturated heterocycles. The minimum Gasteiger partial charge on any atom is -0.388 e. The van der Waals surface area contributed by atoms with E-state index in [4.69, 9.17) is 5.73 Å². The molecule has 1 aliphatic carbocycles. The Bertz CT molecular complexity index is 472. The number of benzene rings is 1. The van der Waals surface area contributed by atoms with E-state index < -0.39 is 6.10 Å². The number of hydrogen-bond donors (Lipinski definition) is 2. The lowest BCUT2D eigenvalue weighted by Gasteiger charge is -2.43. The van der Waals surface area contributed by atoms with Crippen molar-refractivity contribution >= 4 is 15.9 Å². The van der Waals surface area contributed by atoms with Crippen molar-refractivity contribution in [2.75, 3.05) is 6.54 Å². The number of aliphatic hydroxyl groups excluding tert-OH is 1. The molecule has 0 spiro atoms. The van der Waals surface area contributed by atoms with Crippen LogP contribution in [0.2, 0.25) is 0 Å². The topological polar surface area (TPSA) is 46.2 Å². The molecule has 1 unspecified atom stereocenters. The molecule has 3 N–H and O–H groups in total. The highest BCUT2D eigenvalue weighted by molar-refractivity contribution is 9.10. The monoisotopic (exact) mass is 357 g/mol. The van der Waals surface area contributed by atoms with Gasteiger partial charge in [-0.25, -0.2) is 4.39 Å². The van der Waals surface area contributed by atoms with Crippen molar-refractivity contribution in [3.8, 4) is 0 Å². The maximum atomic E-state index is 13.2. The van der Waals surface area contributed by atoms with E-state index >= 15 is 0 Å². The fourth-order valence-corrected chi connectivity index (χ4v) is 4.16. The van der Waals surface area contributed by atoms with Crippen LogP contribution in [0.15, 0.2) is 22.7 Å². The Morgan fingerprint density at radius 3 is 2.62 bits per heavy atom. The summed E-state index contributed by atoms with van der Waals surface area (Å²) < 4.78 is 13.9. The van der Waals surface area contributed by atoms with Gasteiger partial charge in [0.1, 0.15) is 5.82 Å². The second-order valence-electron chi connectivity index (χ2n) is 6.37. The summed E-state index contributed by atoms with van der Waals surface area (Å²) in [6.07, 6.45) is 5.98. The van der Waals surface area contributed by atoms with Crippen LogP contribution in [0, 0.1) is 17.2 Å². The third kappa shape index (κ3) is 3.66. The van der Waals surface area contributed by atoms with Crippen LogP contribution in [0.5, 0.6) is 0 Å². The molecule has 0 radical (unpaired) electrons.